The largest absolute Gasteiger partial charge is 0.384 e. The standard InChI is InChI=1S/C22H22IN5O/c1-13(2)10-11-25-22(29)18-19-21(27-17-9-4-3-8-16(17)26-19)28(20(18)24)15-7-5-6-14(23)12-15/h3-9,12-13H,10-11,24H2,1-2H3,(H,25,29). The molecule has 0 aliphatic carbocycles. The van der Waals surface area contributed by atoms with Gasteiger partial charge in [0, 0.05) is 10.1 Å². The molecule has 2 aromatic heterocycles. The first kappa shape index (κ1) is 19.6. The Balaban J connectivity index is 1.93. The molecule has 0 saturated heterocycles. The fraction of sp³-hybridized carbons (Fsp3) is 0.227. The van der Waals surface area contributed by atoms with Crippen LogP contribution in [0.1, 0.15) is 30.6 Å². The van der Waals surface area contributed by atoms with Crippen LogP contribution in [0.25, 0.3) is 27.9 Å². The molecule has 1 amide bonds. The van der Waals surface area contributed by atoms with E-state index in [1.165, 1.54) is 0 Å². The van der Waals surface area contributed by atoms with Gasteiger partial charge < -0.3 is 11.1 Å². The number of nitrogens with one attached hydrogen (secondary N) is 1. The van der Waals surface area contributed by atoms with Crippen LogP contribution < -0.4 is 11.1 Å². The summed E-state index contributed by atoms with van der Waals surface area (Å²) in [6.45, 7) is 4.84. The zero-order valence-electron chi connectivity index (χ0n) is 16.3. The third kappa shape index (κ3) is 3.78. The summed E-state index contributed by atoms with van der Waals surface area (Å²) in [5.41, 5.74) is 10.3. The quantitative estimate of drug-likeness (QED) is 0.395. The van der Waals surface area contributed by atoms with Crippen molar-refractivity contribution in [2.24, 2.45) is 5.92 Å². The van der Waals surface area contributed by atoms with Crippen molar-refractivity contribution in [2.45, 2.75) is 20.3 Å². The summed E-state index contributed by atoms with van der Waals surface area (Å²) < 4.78 is 2.88. The second kappa shape index (κ2) is 7.98. The predicted molar refractivity (Wildman–Crippen MR) is 125 cm³/mol. The molecule has 2 heterocycles. The molecule has 0 unspecified atom stereocenters. The second-order valence-corrected chi connectivity index (χ2v) is 8.64. The molecule has 0 spiro atoms. The van der Waals surface area contributed by atoms with Crippen LogP contribution in [-0.2, 0) is 0 Å². The fourth-order valence-corrected chi connectivity index (χ4v) is 3.85. The zero-order chi connectivity index (χ0) is 20.5. The number of para-hydroxylation sites is 2. The molecule has 4 aromatic rings. The summed E-state index contributed by atoms with van der Waals surface area (Å²) in [6.07, 6.45) is 0.899. The van der Waals surface area contributed by atoms with E-state index in [1.807, 2.05) is 53.1 Å². The van der Waals surface area contributed by atoms with Gasteiger partial charge in [-0.3, -0.25) is 9.36 Å². The molecule has 7 heteroatoms. The second-order valence-electron chi connectivity index (χ2n) is 7.40. The Bertz CT molecular complexity index is 1210. The van der Waals surface area contributed by atoms with Crippen LogP contribution in [0.4, 0.5) is 5.82 Å². The average Bonchev–Trinajstić information content (AvgIpc) is 2.96. The lowest BCUT2D eigenvalue weighted by Crippen LogP contribution is -2.26. The molecule has 0 aliphatic heterocycles. The summed E-state index contributed by atoms with van der Waals surface area (Å²) in [7, 11) is 0. The number of halogens is 1. The molecular weight excluding hydrogens is 477 g/mol. The van der Waals surface area contributed by atoms with E-state index >= 15 is 0 Å². The molecule has 0 aliphatic rings. The summed E-state index contributed by atoms with van der Waals surface area (Å²) in [6, 6.07) is 15.6. The van der Waals surface area contributed by atoms with Gasteiger partial charge in [0.05, 0.1) is 16.7 Å². The summed E-state index contributed by atoms with van der Waals surface area (Å²) in [4.78, 5) is 22.6. The lowest BCUT2D eigenvalue weighted by molar-refractivity contribution is 0.0954. The Morgan fingerprint density at radius 2 is 1.86 bits per heavy atom. The normalized spacial score (nSPS) is 11.4. The predicted octanol–water partition coefficient (Wildman–Crippen LogP) is 4.54. The van der Waals surface area contributed by atoms with Crippen LogP contribution in [0, 0.1) is 9.49 Å². The van der Waals surface area contributed by atoms with E-state index in [0.717, 1.165) is 26.7 Å². The smallest absolute Gasteiger partial charge is 0.257 e. The highest BCUT2D eigenvalue weighted by molar-refractivity contribution is 14.1. The van der Waals surface area contributed by atoms with Gasteiger partial charge >= 0.3 is 0 Å². The lowest BCUT2D eigenvalue weighted by Gasteiger charge is -2.09. The molecule has 4 rings (SSSR count). The molecule has 3 N–H and O–H groups in total. The SMILES string of the molecule is CC(C)CCNC(=O)c1c(N)n(-c2cccc(I)c2)c2nc3ccccc3nc12. The third-order valence-corrected chi connectivity index (χ3v) is 5.47. The molecule has 2 aromatic carbocycles. The van der Waals surface area contributed by atoms with Crippen LogP contribution in [0.15, 0.2) is 48.5 Å². The maximum atomic E-state index is 13.0. The van der Waals surface area contributed by atoms with Gasteiger partial charge in [0.1, 0.15) is 16.9 Å². The number of hydrogen-bond acceptors (Lipinski definition) is 4. The summed E-state index contributed by atoms with van der Waals surface area (Å²) >= 11 is 2.26. The number of nitrogens with zero attached hydrogens (tertiary/aromatic N) is 3. The van der Waals surface area contributed by atoms with Gasteiger partial charge in [0.2, 0.25) is 0 Å². The number of benzene rings is 2. The van der Waals surface area contributed by atoms with Gasteiger partial charge in [-0.1, -0.05) is 32.0 Å². The number of nitrogens with two attached hydrogens (primary N) is 1. The Morgan fingerprint density at radius 3 is 2.55 bits per heavy atom. The minimum Gasteiger partial charge on any atom is -0.384 e. The third-order valence-electron chi connectivity index (χ3n) is 4.80. The fourth-order valence-electron chi connectivity index (χ4n) is 3.32. The number of carbonyl (C=O) groups excluding carboxylic acids is 1. The minimum atomic E-state index is -0.220. The molecule has 6 nitrogen and oxygen atoms in total. The van der Waals surface area contributed by atoms with Gasteiger partial charge in [-0.25, -0.2) is 9.97 Å². The molecule has 148 valence electrons. The van der Waals surface area contributed by atoms with Gasteiger partial charge in [-0.2, -0.15) is 0 Å². The number of hydrogen-bond donors (Lipinski definition) is 2. The van der Waals surface area contributed by atoms with E-state index in [-0.39, 0.29) is 5.91 Å². The average molecular weight is 499 g/mol. The van der Waals surface area contributed by atoms with Gasteiger partial charge in [0.25, 0.3) is 5.91 Å². The number of amides is 1. The monoisotopic (exact) mass is 499 g/mol. The number of aromatic nitrogens is 3. The highest BCUT2D eigenvalue weighted by atomic mass is 127. The molecular formula is C22H22IN5O. The van der Waals surface area contributed by atoms with Crippen LogP contribution in [0.3, 0.4) is 0 Å². The van der Waals surface area contributed by atoms with E-state index in [0.29, 0.717) is 35.0 Å². The number of carbonyl (C=O) groups is 1. The van der Waals surface area contributed by atoms with Crippen molar-refractivity contribution in [3.63, 3.8) is 0 Å². The topological polar surface area (TPSA) is 85.8 Å². The van der Waals surface area contributed by atoms with Crippen molar-refractivity contribution in [2.75, 3.05) is 12.3 Å². The maximum absolute atomic E-state index is 13.0. The summed E-state index contributed by atoms with van der Waals surface area (Å²) in [5, 5.41) is 2.99. The van der Waals surface area contributed by atoms with Gasteiger partial charge in [-0.05, 0) is 65.3 Å². The van der Waals surface area contributed by atoms with Crippen molar-refractivity contribution < 1.29 is 4.79 Å². The number of fused-ring (bicyclic) bond motifs is 2. The van der Waals surface area contributed by atoms with Crippen molar-refractivity contribution in [1.82, 2.24) is 19.9 Å². The first-order valence-corrected chi connectivity index (χ1v) is 10.6. The van der Waals surface area contributed by atoms with E-state index in [4.69, 9.17) is 15.7 Å². The van der Waals surface area contributed by atoms with Crippen molar-refractivity contribution >= 4 is 56.5 Å². The number of nitrogen functional groups attached to an aromatic ring is 1. The summed E-state index contributed by atoms with van der Waals surface area (Å²) in [5.74, 6) is 0.630. The Kier molecular flexibility index (Phi) is 5.40. The molecule has 29 heavy (non-hydrogen) atoms. The van der Waals surface area contributed by atoms with E-state index in [9.17, 15) is 4.79 Å². The first-order chi connectivity index (χ1) is 14.0. The van der Waals surface area contributed by atoms with E-state index < -0.39 is 0 Å². The zero-order valence-corrected chi connectivity index (χ0v) is 18.5. The van der Waals surface area contributed by atoms with Crippen LogP contribution >= 0.6 is 22.6 Å². The highest BCUT2D eigenvalue weighted by Gasteiger charge is 2.24. The molecule has 0 atom stereocenters. The minimum absolute atomic E-state index is 0.220. The van der Waals surface area contributed by atoms with Crippen molar-refractivity contribution in [3.8, 4) is 5.69 Å². The molecule has 0 radical (unpaired) electrons. The van der Waals surface area contributed by atoms with E-state index in [2.05, 4.69) is 41.8 Å². The lowest BCUT2D eigenvalue weighted by atomic mass is 10.1. The van der Waals surface area contributed by atoms with Crippen LogP contribution in [0.5, 0.6) is 0 Å². The molecule has 0 bridgehead atoms. The molecule has 0 fully saturated rings. The Morgan fingerprint density at radius 1 is 1.14 bits per heavy atom. The van der Waals surface area contributed by atoms with Crippen LogP contribution in [0.2, 0.25) is 0 Å². The maximum Gasteiger partial charge on any atom is 0.257 e. The number of rotatable bonds is 5. The van der Waals surface area contributed by atoms with Crippen molar-refractivity contribution in [3.05, 3.63) is 57.7 Å². The van der Waals surface area contributed by atoms with Gasteiger partial charge in [-0.15, -0.1) is 0 Å². The Hall–Kier alpha value is -2.68. The number of anilines is 1. The van der Waals surface area contributed by atoms with Crippen molar-refractivity contribution in [1.29, 1.82) is 0 Å². The van der Waals surface area contributed by atoms with Crippen LogP contribution in [-0.4, -0.2) is 27.0 Å². The van der Waals surface area contributed by atoms with E-state index in [1.54, 1.807) is 0 Å². The molecule has 0 saturated carbocycles. The highest BCUT2D eigenvalue weighted by Crippen LogP contribution is 2.31. The van der Waals surface area contributed by atoms with Gasteiger partial charge in [0.15, 0.2) is 5.65 Å². The first-order valence-electron chi connectivity index (χ1n) is 9.56. The Labute approximate surface area is 182 Å².